The van der Waals surface area contributed by atoms with E-state index in [2.05, 4.69) is 10.3 Å². The van der Waals surface area contributed by atoms with Crippen molar-refractivity contribution in [2.45, 2.75) is 44.6 Å². The molecule has 5 nitrogen and oxygen atoms in total. The summed E-state index contributed by atoms with van der Waals surface area (Å²) in [4.78, 5) is 32.0. The molecule has 7 heteroatoms. The van der Waals surface area contributed by atoms with E-state index in [1.54, 1.807) is 22.4 Å². The van der Waals surface area contributed by atoms with Crippen molar-refractivity contribution in [3.63, 3.8) is 0 Å². The van der Waals surface area contributed by atoms with Gasteiger partial charge in [-0.3, -0.25) is 9.59 Å². The number of thiophene rings is 1. The normalized spacial score (nSPS) is 15.2. The highest BCUT2D eigenvalue weighted by atomic mass is 32.1. The predicted octanol–water partition coefficient (Wildman–Crippen LogP) is 3.55. The van der Waals surface area contributed by atoms with E-state index in [9.17, 15) is 9.59 Å². The molecule has 0 saturated heterocycles. The van der Waals surface area contributed by atoms with E-state index in [1.165, 1.54) is 17.8 Å². The molecule has 1 aliphatic carbocycles. The van der Waals surface area contributed by atoms with Crippen LogP contribution in [0.5, 0.6) is 0 Å². The van der Waals surface area contributed by atoms with Crippen molar-refractivity contribution in [1.82, 2.24) is 9.88 Å². The van der Waals surface area contributed by atoms with Crippen molar-refractivity contribution in [3.05, 3.63) is 34.0 Å². The van der Waals surface area contributed by atoms with Gasteiger partial charge < -0.3 is 10.2 Å². The molecule has 3 rings (SSSR count). The van der Waals surface area contributed by atoms with Crippen LogP contribution >= 0.6 is 22.7 Å². The standard InChI is InChI=1S/C17H21N3O2S2/c21-15(19-17-18-8-10-24-17)12-20(13-5-2-1-3-6-13)16(22)11-14-7-4-9-23-14/h4,7-10,13H,1-3,5-6,11-12H2,(H,18,19,21). The van der Waals surface area contributed by atoms with Gasteiger partial charge >= 0.3 is 0 Å². The lowest BCUT2D eigenvalue weighted by Gasteiger charge is -2.34. The molecule has 128 valence electrons. The third kappa shape index (κ3) is 4.64. The van der Waals surface area contributed by atoms with Gasteiger partial charge in [-0.1, -0.05) is 25.3 Å². The third-order valence-corrected chi connectivity index (χ3v) is 5.80. The van der Waals surface area contributed by atoms with Gasteiger partial charge in [-0.2, -0.15) is 0 Å². The van der Waals surface area contributed by atoms with Gasteiger partial charge in [-0.15, -0.1) is 22.7 Å². The number of aromatic nitrogens is 1. The minimum atomic E-state index is -0.171. The summed E-state index contributed by atoms with van der Waals surface area (Å²) < 4.78 is 0. The number of hydrogen-bond donors (Lipinski definition) is 1. The number of hydrogen-bond acceptors (Lipinski definition) is 5. The fraction of sp³-hybridized carbons (Fsp3) is 0.471. The van der Waals surface area contributed by atoms with E-state index < -0.39 is 0 Å². The van der Waals surface area contributed by atoms with Crippen LogP contribution < -0.4 is 5.32 Å². The van der Waals surface area contributed by atoms with Crippen molar-refractivity contribution in [2.75, 3.05) is 11.9 Å². The molecule has 24 heavy (non-hydrogen) atoms. The lowest BCUT2D eigenvalue weighted by atomic mass is 9.94. The van der Waals surface area contributed by atoms with Crippen molar-refractivity contribution in [3.8, 4) is 0 Å². The molecular weight excluding hydrogens is 342 g/mol. The molecule has 0 spiro atoms. The Morgan fingerprint density at radius 1 is 1.21 bits per heavy atom. The molecule has 0 atom stereocenters. The van der Waals surface area contributed by atoms with E-state index in [4.69, 9.17) is 0 Å². The number of nitrogens with zero attached hydrogens (tertiary/aromatic N) is 2. The lowest BCUT2D eigenvalue weighted by Crippen LogP contribution is -2.46. The maximum absolute atomic E-state index is 12.8. The van der Waals surface area contributed by atoms with Gasteiger partial charge in [-0.05, 0) is 24.3 Å². The average Bonchev–Trinajstić information content (AvgIpc) is 3.27. The van der Waals surface area contributed by atoms with Gasteiger partial charge in [0.25, 0.3) is 0 Å². The number of nitrogens with one attached hydrogen (secondary N) is 1. The van der Waals surface area contributed by atoms with Crippen molar-refractivity contribution >= 4 is 39.6 Å². The Morgan fingerprint density at radius 2 is 2.04 bits per heavy atom. The summed E-state index contributed by atoms with van der Waals surface area (Å²) in [5.41, 5.74) is 0. The van der Waals surface area contributed by atoms with Crippen LogP contribution in [0.25, 0.3) is 0 Å². The van der Waals surface area contributed by atoms with Gasteiger partial charge in [0.15, 0.2) is 5.13 Å². The quantitative estimate of drug-likeness (QED) is 0.854. The van der Waals surface area contributed by atoms with Crippen LogP contribution in [0.1, 0.15) is 37.0 Å². The van der Waals surface area contributed by atoms with E-state index >= 15 is 0 Å². The molecule has 0 unspecified atom stereocenters. The zero-order chi connectivity index (χ0) is 16.8. The van der Waals surface area contributed by atoms with Gasteiger partial charge in [-0.25, -0.2) is 4.98 Å². The molecule has 2 heterocycles. The minimum Gasteiger partial charge on any atom is -0.330 e. The van der Waals surface area contributed by atoms with Crippen LogP contribution in [0.2, 0.25) is 0 Å². The van der Waals surface area contributed by atoms with Crippen LogP contribution in [0.4, 0.5) is 5.13 Å². The highest BCUT2D eigenvalue weighted by Crippen LogP contribution is 2.24. The predicted molar refractivity (Wildman–Crippen MR) is 97.4 cm³/mol. The molecule has 2 aromatic heterocycles. The first-order valence-corrected chi connectivity index (χ1v) is 9.99. The largest absolute Gasteiger partial charge is 0.330 e. The fourth-order valence-electron chi connectivity index (χ4n) is 3.08. The molecule has 1 saturated carbocycles. The Labute approximate surface area is 149 Å². The molecule has 2 amide bonds. The van der Waals surface area contributed by atoms with Crippen molar-refractivity contribution in [2.24, 2.45) is 0 Å². The highest BCUT2D eigenvalue weighted by molar-refractivity contribution is 7.13. The number of carbonyl (C=O) groups excluding carboxylic acids is 2. The number of anilines is 1. The number of rotatable bonds is 6. The average molecular weight is 364 g/mol. The molecule has 0 aromatic carbocycles. The van der Waals surface area contributed by atoms with Crippen molar-refractivity contribution in [1.29, 1.82) is 0 Å². The Bertz CT molecular complexity index is 649. The molecule has 0 radical (unpaired) electrons. The van der Waals surface area contributed by atoms with Crippen LogP contribution in [0, 0.1) is 0 Å². The lowest BCUT2D eigenvalue weighted by molar-refractivity contribution is -0.137. The molecular formula is C17H21N3O2S2. The Morgan fingerprint density at radius 3 is 2.71 bits per heavy atom. The van der Waals surface area contributed by atoms with E-state index in [0.717, 1.165) is 30.6 Å². The maximum atomic E-state index is 12.8. The topological polar surface area (TPSA) is 62.3 Å². The highest BCUT2D eigenvalue weighted by Gasteiger charge is 2.27. The first-order chi connectivity index (χ1) is 11.7. The maximum Gasteiger partial charge on any atom is 0.245 e. The van der Waals surface area contributed by atoms with Gasteiger partial charge in [0.2, 0.25) is 11.8 Å². The molecule has 1 N–H and O–H groups in total. The summed E-state index contributed by atoms with van der Waals surface area (Å²) in [7, 11) is 0. The third-order valence-electron chi connectivity index (χ3n) is 4.23. The summed E-state index contributed by atoms with van der Waals surface area (Å²) >= 11 is 2.96. The Kier molecular flexibility index (Phi) is 5.98. The SMILES string of the molecule is O=C(CN(C(=O)Cc1cccs1)C1CCCCC1)Nc1nccs1. The first-order valence-electron chi connectivity index (χ1n) is 8.23. The summed E-state index contributed by atoms with van der Waals surface area (Å²) in [6, 6.07) is 4.10. The summed E-state index contributed by atoms with van der Waals surface area (Å²) in [5.74, 6) is -0.131. The zero-order valence-corrected chi connectivity index (χ0v) is 15.1. The number of amides is 2. The first kappa shape index (κ1) is 17.1. The summed E-state index contributed by atoms with van der Waals surface area (Å²) in [6.45, 7) is 0.106. The molecule has 2 aromatic rings. The molecule has 0 aliphatic heterocycles. The molecule has 1 aliphatic rings. The minimum absolute atomic E-state index is 0.0404. The Balaban J connectivity index is 1.66. The van der Waals surface area contributed by atoms with Crippen molar-refractivity contribution < 1.29 is 9.59 Å². The van der Waals surface area contributed by atoms with Crippen LogP contribution in [-0.2, 0) is 16.0 Å². The summed E-state index contributed by atoms with van der Waals surface area (Å²) in [6.07, 6.45) is 7.47. The number of thiazole rings is 1. The Hall–Kier alpha value is -1.73. The van der Waals surface area contributed by atoms with Gasteiger partial charge in [0.05, 0.1) is 6.42 Å². The smallest absolute Gasteiger partial charge is 0.245 e. The second kappa shape index (κ2) is 8.39. The summed E-state index contributed by atoms with van der Waals surface area (Å²) in [5, 5.41) is 7.15. The van der Waals surface area contributed by atoms with Gasteiger partial charge in [0, 0.05) is 22.5 Å². The second-order valence-corrected chi connectivity index (χ2v) is 7.88. The van der Waals surface area contributed by atoms with E-state index in [-0.39, 0.29) is 24.4 Å². The van der Waals surface area contributed by atoms with Crippen LogP contribution in [-0.4, -0.2) is 34.3 Å². The number of carbonyl (C=O) groups is 2. The second-order valence-electron chi connectivity index (χ2n) is 5.96. The van der Waals surface area contributed by atoms with E-state index in [1.807, 2.05) is 22.9 Å². The molecule has 1 fully saturated rings. The zero-order valence-electron chi connectivity index (χ0n) is 13.4. The monoisotopic (exact) mass is 363 g/mol. The van der Waals surface area contributed by atoms with E-state index in [0.29, 0.717) is 11.6 Å². The van der Waals surface area contributed by atoms with Gasteiger partial charge in [0.1, 0.15) is 6.54 Å². The molecule has 0 bridgehead atoms. The van der Waals surface area contributed by atoms with Crippen LogP contribution in [0.3, 0.4) is 0 Å². The fourth-order valence-corrected chi connectivity index (χ4v) is 4.32. The van der Waals surface area contributed by atoms with Crippen LogP contribution in [0.15, 0.2) is 29.1 Å².